The minimum Gasteiger partial charge on any atom is -0.462 e. The van der Waals surface area contributed by atoms with Crippen molar-refractivity contribution in [3.05, 3.63) is 43.8 Å². The molecule has 0 aliphatic heterocycles. The fourth-order valence-corrected chi connectivity index (χ4v) is 4.80. The minimum absolute atomic E-state index is 0.263. The van der Waals surface area contributed by atoms with Crippen molar-refractivity contribution in [2.24, 2.45) is 0 Å². The summed E-state index contributed by atoms with van der Waals surface area (Å²) in [6.07, 6.45) is 4.23. The number of carbonyl (C=O) groups is 1. The highest BCUT2D eigenvalue weighted by atomic mass is 127. The molecule has 3 rings (SSSR count). The largest absolute Gasteiger partial charge is 0.462 e. The van der Waals surface area contributed by atoms with E-state index in [9.17, 15) is 4.79 Å². The van der Waals surface area contributed by atoms with E-state index in [1.54, 1.807) is 11.3 Å². The molecular formula is C18H19IN2O2S2. The molecule has 1 aromatic carbocycles. The van der Waals surface area contributed by atoms with Gasteiger partial charge in [0.2, 0.25) is 0 Å². The van der Waals surface area contributed by atoms with Crippen LogP contribution in [-0.4, -0.2) is 17.7 Å². The van der Waals surface area contributed by atoms with Gasteiger partial charge in [-0.3, -0.25) is 0 Å². The Morgan fingerprint density at radius 3 is 2.68 bits per heavy atom. The number of halogens is 1. The first-order valence-electron chi connectivity index (χ1n) is 8.23. The van der Waals surface area contributed by atoms with Crippen LogP contribution >= 0.6 is 46.1 Å². The fourth-order valence-electron chi connectivity index (χ4n) is 2.87. The number of hydrogen-bond donors (Lipinski definition) is 2. The molecule has 2 N–H and O–H groups in total. The molecule has 1 heterocycles. The summed E-state index contributed by atoms with van der Waals surface area (Å²) in [4.78, 5) is 13.7. The van der Waals surface area contributed by atoms with Crippen molar-refractivity contribution in [1.82, 2.24) is 0 Å². The smallest absolute Gasteiger partial charge is 0.341 e. The number of thiocarbonyl (C=S) groups is 1. The van der Waals surface area contributed by atoms with E-state index in [2.05, 4.69) is 33.2 Å². The molecule has 1 aromatic heterocycles. The summed E-state index contributed by atoms with van der Waals surface area (Å²) in [6.45, 7) is 2.20. The van der Waals surface area contributed by atoms with E-state index in [1.807, 2.05) is 31.2 Å². The summed E-state index contributed by atoms with van der Waals surface area (Å²) in [7, 11) is 0. The molecule has 25 heavy (non-hydrogen) atoms. The molecule has 0 saturated carbocycles. The Labute approximate surface area is 170 Å². The standard InChI is InChI=1S/C18H19IN2O2S2/c1-2-23-17(22)15-13-5-3-4-6-14(13)25-16(15)21-18(24)20-12-9-7-11(19)8-10-12/h7-10H,2-6H2,1H3,(H2,20,21,24). The highest BCUT2D eigenvalue weighted by molar-refractivity contribution is 14.1. The van der Waals surface area contributed by atoms with Crippen LogP contribution in [0, 0.1) is 3.57 Å². The zero-order valence-electron chi connectivity index (χ0n) is 13.9. The van der Waals surface area contributed by atoms with Crippen LogP contribution in [0.25, 0.3) is 0 Å². The van der Waals surface area contributed by atoms with Gasteiger partial charge in [0.1, 0.15) is 5.00 Å². The van der Waals surface area contributed by atoms with Gasteiger partial charge < -0.3 is 15.4 Å². The van der Waals surface area contributed by atoms with Crippen LogP contribution in [-0.2, 0) is 17.6 Å². The van der Waals surface area contributed by atoms with E-state index in [1.165, 1.54) is 11.3 Å². The number of rotatable bonds is 4. The summed E-state index contributed by atoms with van der Waals surface area (Å²) in [5, 5.41) is 7.64. The number of nitrogens with one attached hydrogen (secondary N) is 2. The van der Waals surface area contributed by atoms with Gasteiger partial charge in [0.05, 0.1) is 12.2 Å². The normalized spacial score (nSPS) is 13.0. The maximum atomic E-state index is 12.5. The average Bonchev–Trinajstić information content (AvgIpc) is 2.95. The van der Waals surface area contributed by atoms with Gasteiger partial charge >= 0.3 is 5.97 Å². The zero-order valence-corrected chi connectivity index (χ0v) is 17.6. The quantitative estimate of drug-likeness (QED) is 0.353. The molecule has 0 bridgehead atoms. The predicted molar refractivity (Wildman–Crippen MR) is 116 cm³/mol. The van der Waals surface area contributed by atoms with Gasteiger partial charge in [-0.05, 0) is 97.2 Å². The second-order valence-corrected chi connectivity index (χ2v) is 8.48. The predicted octanol–water partition coefficient (Wildman–Crippen LogP) is 5.22. The molecule has 0 unspecified atom stereocenters. The third-order valence-corrected chi connectivity index (χ3v) is 6.11. The highest BCUT2D eigenvalue weighted by Gasteiger charge is 2.26. The van der Waals surface area contributed by atoms with Crippen molar-refractivity contribution in [1.29, 1.82) is 0 Å². The molecule has 0 amide bonds. The third kappa shape index (κ3) is 4.51. The molecule has 2 aromatic rings. The number of esters is 1. The summed E-state index contributed by atoms with van der Waals surface area (Å²) in [6, 6.07) is 7.97. The highest BCUT2D eigenvalue weighted by Crippen LogP contribution is 2.38. The van der Waals surface area contributed by atoms with Crippen molar-refractivity contribution in [2.45, 2.75) is 32.6 Å². The first-order valence-corrected chi connectivity index (χ1v) is 10.5. The molecule has 0 saturated heterocycles. The number of hydrogen-bond acceptors (Lipinski definition) is 4. The third-order valence-electron chi connectivity index (χ3n) is 3.98. The molecule has 1 aliphatic rings. The Kier molecular flexibility index (Phi) is 6.29. The van der Waals surface area contributed by atoms with Gasteiger partial charge in [-0.15, -0.1) is 11.3 Å². The molecule has 7 heteroatoms. The van der Waals surface area contributed by atoms with Crippen LogP contribution in [0.2, 0.25) is 0 Å². The molecule has 0 spiro atoms. The lowest BCUT2D eigenvalue weighted by Gasteiger charge is -2.13. The molecule has 0 radical (unpaired) electrons. The maximum absolute atomic E-state index is 12.5. The van der Waals surface area contributed by atoms with E-state index >= 15 is 0 Å². The number of ether oxygens (including phenoxy) is 1. The van der Waals surface area contributed by atoms with Crippen LogP contribution in [0.5, 0.6) is 0 Å². The number of aryl methyl sites for hydroxylation is 1. The van der Waals surface area contributed by atoms with Crippen LogP contribution in [0.15, 0.2) is 24.3 Å². The van der Waals surface area contributed by atoms with Crippen molar-refractivity contribution < 1.29 is 9.53 Å². The van der Waals surface area contributed by atoms with E-state index in [4.69, 9.17) is 17.0 Å². The minimum atomic E-state index is -0.263. The Hall–Kier alpha value is -1.19. The topological polar surface area (TPSA) is 50.4 Å². The first kappa shape index (κ1) is 18.6. The first-order chi connectivity index (χ1) is 12.1. The van der Waals surface area contributed by atoms with Crippen LogP contribution in [0.1, 0.15) is 40.6 Å². The van der Waals surface area contributed by atoms with E-state index in [0.29, 0.717) is 17.3 Å². The fraction of sp³-hybridized carbons (Fsp3) is 0.333. The molecule has 1 aliphatic carbocycles. The SMILES string of the molecule is CCOC(=O)c1c(NC(=S)Nc2ccc(I)cc2)sc2c1CCCC2. The van der Waals surface area contributed by atoms with Crippen LogP contribution in [0.4, 0.5) is 10.7 Å². The lowest BCUT2D eigenvalue weighted by Crippen LogP contribution is -2.20. The summed E-state index contributed by atoms with van der Waals surface area (Å²) >= 11 is 9.31. The second kappa shape index (κ2) is 8.46. The Balaban J connectivity index is 1.81. The van der Waals surface area contributed by atoms with Gasteiger partial charge in [-0.25, -0.2) is 4.79 Å². The van der Waals surface area contributed by atoms with E-state index in [0.717, 1.165) is 39.1 Å². The Morgan fingerprint density at radius 2 is 1.96 bits per heavy atom. The average molecular weight is 486 g/mol. The lowest BCUT2D eigenvalue weighted by atomic mass is 9.95. The van der Waals surface area contributed by atoms with Crippen molar-refractivity contribution in [2.75, 3.05) is 17.2 Å². The molecule has 132 valence electrons. The number of fused-ring (bicyclic) bond motifs is 1. The van der Waals surface area contributed by atoms with Crippen molar-refractivity contribution in [3.8, 4) is 0 Å². The van der Waals surface area contributed by atoms with Crippen molar-refractivity contribution in [3.63, 3.8) is 0 Å². The monoisotopic (exact) mass is 486 g/mol. The summed E-state index contributed by atoms with van der Waals surface area (Å²) in [5.41, 5.74) is 2.71. The second-order valence-electron chi connectivity index (χ2n) is 5.72. The van der Waals surface area contributed by atoms with Gasteiger partial charge in [0.25, 0.3) is 0 Å². The van der Waals surface area contributed by atoms with Gasteiger partial charge in [0, 0.05) is 14.1 Å². The Bertz CT molecular complexity index is 787. The molecular weight excluding hydrogens is 467 g/mol. The number of benzene rings is 1. The van der Waals surface area contributed by atoms with Gasteiger partial charge in [-0.1, -0.05) is 0 Å². The van der Waals surface area contributed by atoms with E-state index < -0.39 is 0 Å². The Morgan fingerprint density at radius 1 is 1.24 bits per heavy atom. The number of thiophene rings is 1. The number of anilines is 2. The molecule has 0 atom stereocenters. The van der Waals surface area contributed by atoms with Crippen molar-refractivity contribution >= 4 is 67.9 Å². The number of carbonyl (C=O) groups excluding carboxylic acids is 1. The van der Waals surface area contributed by atoms with Crippen LogP contribution < -0.4 is 10.6 Å². The zero-order chi connectivity index (χ0) is 17.8. The maximum Gasteiger partial charge on any atom is 0.341 e. The lowest BCUT2D eigenvalue weighted by molar-refractivity contribution is 0.0526. The van der Waals surface area contributed by atoms with Gasteiger partial charge in [0.15, 0.2) is 5.11 Å². The van der Waals surface area contributed by atoms with E-state index in [-0.39, 0.29) is 5.97 Å². The summed E-state index contributed by atoms with van der Waals surface area (Å²) < 4.78 is 6.43. The van der Waals surface area contributed by atoms with Gasteiger partial charge in [-0.2, -0.15) is 0 Å². The molecule has 0 fully saturated rings. The summed E-state index contributed by atoms with van der Waals surface area (Å²) in [5.74, 6) is -0.263. The van der Waals surface area contributed by atoms with Crippen LogP contribution in [0.3, 0.4) is 0 Å². The molecule has 4 nitrogen and oxygen atoms in total.